The molecular formula is C23H27N7O2. The first kappa shape index (κ1) is 21.5. The van der Waals surface area contributed by atoms with Gasteiger partial charge in [-0.15, -0.1) is 0 Å². The molecule has 0 spiro atoms. The standard InChI is InChI=1S/C23H27N7O2/c1-29(16-17-4-3-5-18(14-17)32-2)23-26-9-6-19(28-23)22(31)27-20-15-25-8-7-21(20)30-12-10-24-11-13-30/h3-9,14-15,24H,10-13,16H2,1-2H3,(H,27,31). The van der Waals surface area contributed by atoms with E-state index in [-0.39, 0.29) is 5.91 Å². The van der Waals surface area contributed by atoms with E-state index in [4.69, 9.17) is 4.74 Å². The van der Waals surface area contributed by atoms with Crippen molar-refractivity contribution in [3.63, 3.8) is 0 Å². The molecule has 0 atom stereocenters. The maximum atomic E-state index is 13.0. The minimum atomic E-state index is -0.298. The van der Waals surface area contributed by atoms with Crippen LogP contribution < -0.4 is 25.2 Å². The van der Waals surface area contributed by atoms with Crippen LogP contribution in [0.15, 0.2) is 55.0 Å². The van der Waals surface area contributed by atoms with Gasteiger partial charge >= 0.3 is 0 Å². The summed E-state index contributed by atoms with van der Waals surface area (Å²) >= 11 is 0. The Morgan fingerprint density at radius 2 is 2.06 bits per heavy atom. The second-order valence-corrected chi connectivity index (χ2v) is 7.53. The molecule has 0 unspecified atom stereocenters. The van der Waals surface area contributed by atoms with Crippen molar-refractivity contribution in [1.82, 2.24) is 20.3 Å². The second-order valence-electron chi connectivity index (χ2n) is 7.53. The van der Waals surface area contributed by atoms with Gasteiger partial charge in [0.2, 0.25) is 5.95 Å². The highest BCUT2D eigenvalue weighted by atomic mass is 16.5. The molecule has 2 N–H and O–H groups in total. The van der Waals surface area contributed by atoms with Crippen LogP contribution in [-0.2, 0) is 6.54 Å². The van der Waals surface area contributed by atoms with Crippen LogP contribution in [-0.4, -0.2) is 61.2 Å². The molecule has 3 aromatic rings. The summed E-state index contributed by atoms with van der Waals surface area (Å²) in [5.74, 6) is 0.962. The average Bonchev–Trinajstić information content (AvgIpc) is 2.85. The number of anilines is 3. The number of hydrogen-bond acceptors (Lipinski definition) is 8. The third-order valence-electron chi connectivity index (χ3n) is 5.27. The maximum Gasteiger partial charge on any atom is 0.274 e. The molecule has 1 saturated heterocycles. The molecule has 1 fully saturated rings. The first-order chi connectivity index (χ1) is 15.6. The zero-order chi connectivity index (χ0) is 22.3. The molecule has 0 saturated carbocycles. The van der Waals surface area contributed by atoms with Crippen LogP contribution in [0.2, 0.25) is 0 Å². The van der Waals surface area contributed by atoms with E-state index in [9.17, 15) is 4.79 Å². The van der Waals surface area contributed by atoms with Gasteiger partial charge in [0.1, 0.15) is 11.4 Å². The third-order valence-corrected chi connectivity index (χ3v) is 5.27. The molecule has 2 aromatic heterocycles. The molecule has 0 radical (unpaired) electrons. The zero-order valence-corrected chi connectivity index (χ0v) is 18.3. The highest BCUT2D eigenvalue weighted by Crippen LogP contribution is 2.25. The summed E-state index contributed by atoms with van der Waals surface area (Å²) in [5.41, 5.74) is 2.98. The number of rotatable bonds is 7. The van der Waals surface area contributed by atoms with Crippen LogP contribution >= 0.6 is 0 Å². The summed E-state index contributed by atoms with van der Waals surface area (Å²) in [6.07, 6.45) is 5.01. The molecule has 1 amide bonds. The number of ether oxygens (including phenoxy) is 1. The quantitative estimate of drug-likeness (QED) is 0.585. The predicted octanol–water partition coefficient (Wildman–Crippen LogP) is 2.18. The predicted molar refractivity (Wildman–Crippen MR) is 124 cm³/mol. The Hall–Kier alpha value is -3.72. The fourth-order valence-electron chi connectivity index (χ4n) is 3.63. The summed E-state index contributed by atoms with van der Waals surface area (Å²) in [6.45, 7) is 4.15. The van der Waals surface area contributed by atoms with Crippen molar-refractivity contribution in [2.45, 2.75) is 6.54 Å². The van der Waals surface area contributed by atoms with Gasteiger partial charge in [-0.05, 0) is 29.8 Å². The van der Waals surface area contributed by atoms with Crippen molar-refractivity contribution < 1.29 is 9.53 Å². The van der Waals surface area contributed by atoms with Crippen molar-refractivity contribution in [3.05, 3.63) is 66.2 Å². The van der Waals surface area contributed by atoms with E-state index in [2.05, 4.69) is 30.5 Å². The highest BCUT2D eigenvalue weighted by Gasteiger charge is 2.18. The van der Waals surface area contributed by atoms with E-state index >= 15 is 0 Å². The van der Waals surface area contributed by atoms with E-state index in [0.29, 0.717) is 23.9 Å². The molecule has 0 bridgehead atoms. The molecule has 9 nitrogen and oxygen atoms in total. The van der Waals surface area contributed by atoms with Gasteiger partial charge in [-0.25, -0.2) is 9.97 Å². The summed E-state index contributed by atoms with van der Waals surface area (Å²) in [6, 6.07) is 11.4. The number of carbonyl (C=O) groups excluding carboxylic acids is 1. The Kier molecular flexibility index (Phi) is 6.76. The molecule has 1 aromatic carbocycles. The molecule has 0 aliphatic carbocycles. The van der Waals surface area contributed by atoms with Crippen molar-refractivity contribution >= 4 is 23.2 Å². The van der Waals surface area contributed by atoms with Crippen LogP contribution in [0.3, 0.4) is 0 Å². The third kappa shape index (κ3) is 5.12. The molecule has 9 heteroatoms. The lowest BCUT2D eigenvalue weighted by atomic mass is 10.2. The Bertz CT molecular complexity index is 1070. The van der Waals surface area contributed by atoms with E-state index in [1.165, 1.54) is 0 Å². The second kappa shape index (κ2) is 10.1. The number of amides is 1. The molecule has 3 heterocycles. The van der Waals surface area contributed by atoms with E-state index in [1.54, 1.807) is 31.8 Å². The van der Waals surface area contributed by atoms with Gasteiger partial charge < -0.3 is 25.2 Å². The maximum absolute atomic E-state index is 13.0. The number of carbonyl (C=O) groups is 1. The van der Waals surface area contributed by atoms with Crippen LogP contribution in [0.4, 0.5) is 17.3 Å². The summed E-state index contributed by atoms with van der Waals surface area (Å²) in [7, 11) is 3.53. The Morgan fingerprint density at radius 1 is 1.22 bits per heavy atom. The van der Waals surface area contributed by atoms with Crippen LogP contribution in [0.25, 0.3) is 0 Å². The smallest absolute Gasteiger partial charge is 0.274 e. The van der Waals surface area contributed by atoms with E-state index in [0.717, 1.165) is 43.2 Å². The first-order valence-corrected chi connectivity index (χ1v) is 10.5. The van der Waals surface area contributed by atoms with Crippen LogP contribution in [0, 0.1) is 0 Å². The number of nitrogens with one attached hydrogen (secondary N) is 2. The van der Waals surface area contributed by atoms with Crippen molar-refractivity contribution in [3.8, 4) is 5.75 Å². The lowest BCUT2D eigenvalue weighted by molar-refractivity contribution is 0.102. The highest BCUT2D eigenvalue weighted by molar-refractivity contribution is 6.04. The molecule has 1 aliphatic heterocycles. The van der Waals surface area contributed by atoms with E-state index < -0.39 is 0 Å². The SMILES string of the molecule is COc1cccc(CN(C)c2nccc(C(=O)Nc3cnccc3N3CCNCC3)n2)c1. The molecule has 4 rings (SSSR count). The minimum absolute atomic E-state index is 0.294. The van der Waals surface area contributed by atoms with Crippen molar-refractivity contribution in [1.29, 1.82) is 0 Å². The Balaban J connectivity index is 1.48. The normalized spacial score (nSPS) is 13.5. The molecule has 166 valence electrons. The van der Waals surface area contributed by atoms with Gasteiger partial charge in [0, 0.05) is 52.2 Å². The van der Waals surface area contributed by atoms with Gasteiger partial charge in [-0.1, -0.05) is 12.1 Å². The monoisotopic (exact) mass is 433 g/mol. The van der Waals surface area contributed by atoms with Gasteiger partial charge in [-0.2, -0.15) is 0 Å². The van der Waals surface area contributed by atoms with Crippen molar-refractivity contribution in [2.75, 3.05) is 55.5 Å². The fraction of sp³-hybridized carbons (Fsp3) is 0.304. The van der Waals surface area contributed by atoms with E-state index in [1.807, 2.05) is 42.3 Å². The first-order valence-electron chi connectivity index (χ1n) is 10.5. The summed E-state index contributed by atoms with van der Waals surface area (Å²) in [5, 5.41) is 6.30. The Labute approximate surface area is 187 Å². The molecular weight excluding hydrogens is 406 g/mol. The number of piperazine rings is 1. The molecule has 1 aliphatic rings. The van der Waals surface area contributed by atoms with Gasteiger partial charge in [0.15, 0.2) is 0 Å². The summed E-state index contributed by atoms with van der Waals surface area (Å²) < 4.78 is 5.29. The number of methoxy groups -OCH3 is 1. The number of pyridine rings is 1. The fourth-order valence-corrected chi connectivity index (χ4v) is 3.63. The zero-order valence-electron chi connectivity index (χ0n) is 18.3. The lowest BCUT2D eigenvalue weighted by Gasteiger charge is -2.30. The van der Waals surface area contributed by atoms with Crippen molar-refractivity contribution in [2.24, 2.45) is 0 Å². The number of hydrogen-bond donors (Lipinski definition) is 2. The Morgan fingerprint density at radius 3 is 2.88 bits per heavy atom. The largest absolute Gasteiger partial charge is 0.497 e. The number of aromatic nitrogens is 3. The average molecular weight is 434 g/mol. The molecule has 32 heavy (non-hydrogen) atoms. The topological polar surface area (TPSA) is 95.5 Å². The lowest BCUT2D eigenvalue weighted by Crippen LogP contribution is -2.43. The van der Waals surface area contributed by atoms with Crippen LogP contribution in [0.5, 0.6) is 5.75 Å². The van der Waals surface area contributed by atoms with Gasteiger partial charge in [0.25, 0.3) is 5.91 Å². The van der Waals surface area contributed by atoms with Crippen LogP contribution in [0.1, 0.15) is 16.1 Å². The number of benzene rings is 1. The van der Waals surface area contributed by atoms with Gasteiger partial charge in [0.05, 0.1) is 24.7 Å². The summed E-state index contributed by atoms with van der Waals surface area (Å²) in [4.78, 5) is 30.1. The minimum Gasteiger partial charge on any atom is -0.497 e. The van der Waals surface area contributed by atoms with Gasteiger partial charge in [-0.3, -0.25) is 9.78 Å². The number of nitrogens with zero attached hydrogens (tertiary/aromatic N) is 5.